The Balaban J connectivity index is 1.81. The van der Waals surface area contributed by atoms with Crippen molar-refractivity contribution in [3.05, 3.63) is 71.4 Å². The van der Waals surface area contributed by atoms with Gasteiger partial charge in [0.1, 0.15) is 10.9 Å². The summed E-state index contributed by atoms with van der Waals surface area (Å²) >= 11 is 0. The van der Waals surface area contributed by atoms with Crippen LogP contribution in [0.5, 0.6) is 0 Å². The lowest BCUT2D eigenvalue weighted by atomic mass is 10.0. The van der Waals surface area contributed by atoms with Gasteiger partial charge in [-0.1, -0.05) is 30.3 Å². The minimum atomic E-state index is -4.54. The Labute approximate surface area is 176 Å². The summed E-state index contributed by atoms with van der Waals surface area (Å²) in [7, 11) is -4.19. The van der Waals surface area contributed by atoms with Crippen LogP contribution in [0.2, 0.25) is 0 Å². The van der Waals surface area contributed by atoms with Crippen molar-refractivity contribution < 1.29 is 26.4 Å². The second-order valence-electron chi connectivity index (χ2n) is 7.21. The molecule has 0 saturated carbocycles. The van der Waals surface area contributed by atoms with Crippen molar-refractivity contribution >= 4 is 26.8 Å². The van der Waals surface area contributed by atoms with Gasteiger partial charge in [0.15, 0.2) is 0 Å². The summed E-state index contributed by atoms with van der Waals surface area (Å²) in [6.45, 7) is 1.80. The van der Waals surface area contributed by atoms with E-state index in [-0.39, 0.29) is 29.1 Å². The maximum atomic E-state index is 13.6. The van der Waals surface area contributed by atoms with E-state index in [0.717, 1.165) is 28.6 Å². The Morgan fingerprint density at radius 1 is 1.06 bits per heavy atom. The normalized spacial score (nSPS) is 18.2. The van der Waals surface area contributed by atoms with Crippen LogP contribution in [0.3, 0.4) is 0 Å². The molecule has 1 amide bonds. The summed E-state index contributed by atoms with van der Waals surface area (Å²) in [6, 6.07) is 10.9. The summed E-state index contributed by atoms with van der Waals surface area (Å²) in [6.07, 6.45) is -4.54. The number of sulfonamides is 1. The van der Waals surface area contributed by atoms with E-state index in [1.807, 2.05) is 0 Å². The van der Waals surface area contributed by atoms with Crippen LogP contribution in [0.25, 0.3) is 10.9 Å². The zero-order valence-corrected chi connectivity index (χ0v) is 17.2. The van der Waals surface area contributed by atoms with E-state index >= 15 is 0 Å². The molecule has 31 heavy (non-hydrogen) atoms. The van der Waals surface area contributed by atoms with Crippen LogP contribution in [-0.4, -0.2) is 36.7 Å². The molecule has 162 valence electrons. The highest BCUT2D eigenvalue weighted by molar-refractivity contribution is 7.89. The Morgan fingerprint density at radius 3 is 2.45 bits per heavy atom. The van der Waals surface area contributed by atoms with Crippen molar-refractivity contribution in [3.63, 3.8) is 0 Å². The maximum Gasteiger partial charge on any atom is 0.416 e. The molecule has 1 aliphatic heterocycles. The zero-order valence-electron chi connectivity index (χ0n) is 16.3. The largest absolute Gasteiger partial charge is 0.416 e. The minimum Gasteiger partial charge on any atom is -0.353 e. The van der Waals surface area contributed by atoms with Gasteiger partial charge in [0.05, 0.1) is 11.1 Å². The number of nitrogens with one attached hydrogen (secondary N) is 1. The van der Waals surface area contributed by atoms with Crippen molar-refractivity contribution in [1.29, 1.82) is 0 Å². The Bertz CT molecular complexity index is 1260. The minimum absolute atomic E-state index is 0.0258. The molecule has 1 atom stereocenters. The molecule has 1 unspecified atom stereocenters. The van der Waals surface area contributed by atoms with Crippen molar-refractivity contribution in [2.24, 2.45) is 0 Å². The fraction of sp³-hybridized carbons (Fsp3) is 0.238. The first-order valence-corrected chi connectivity index (χ1v) is 10.9. The monoisotopic (exact) mass is 449 g/mol. The number of alkyl halides is 3. The van der Waals surface area contributed by atoms with Gasteiger partial charge in [-0.25, -0.2) is 8.42 Å². The SMILES string of the molecule is Cc1ccc2cccc(S(=O)(=O)N3CCNC(=O)C3c3ccc(C(F)(F)F)cc3)c2n1. The van der Waals surface area contributed by atoms with Crippen molar-refractivity contribution in [2.45, 2.75) is 24.0 Å². The highest BCUT2D eigenvalue weighted by Gasteiger charge is 2.41. The van der Waals surface area contributed by atoms with E-state index in [9.17, 15) is 26.4 Å². The van der Waals surface area contributed by atoms with Gasteiger partial charge in [-0.3, -0.25) is 9.78 Å². The van der Waals surface area contributed by atoms with Gasteiger partial charge in [0.2, 0.25) is 15.9 Å². The summed E-state index contributed by atoms with van der Waals surface area (Å²) in [5, 5.41) is 3.22. The lowest BCUT2D eigenvalue weighted by molar-refractivity contribution is -0.137. The number of fused-ring (bicyclic) bond motifs is 1. The van der Waals surface area contributed by atoms with Gasteiger partial charge < -0.3 is 5.32 Å². The Morgan fingerprint density at radius 2 is 1.77 bits per heavy atom. The number of piperazine rings is 1. The van der Waals surface area contributed by atoms with E-state index in [0.29, 0.717) is 11.1 Å². The number of amides is 1. The van der Waals surface area contributed by atoms with Crippen LogP contribution in [0, 0.1) is 6.92 Å². The lowest BCUT2D eigenvalue weighted by Gasteiger charge is -2.34. The first kappa shape index (κ1) is 21.3. The first-order chi connectivity index (χ1) is 14.6. The van der Waals surface area contributed by atoms with Crippen LogP contribution < -0.4 is 5.32 Å². The fourth-order valence-electron chi connectivity index (χ4n) is 3.63. The third-order valence-corrected chi connectivity index (χ3v) is 7.03. The molecular weight excluding hydrogens is 431 g/mol. The molecule has 1 saturated heterocycles. The number of aryl methyl sites for hydroxylation is 1. The smallest absolute Gasteiger partial charge is 0.353 e. The van der Waals surface area contributed by atoms with Gasteiger partial charge in [-0.2, -0.15) is 17.5 Å². The number of hydrogen-bond donors (Lipinski definition) is 1. The zero-order chi connectivity index (χ0) is 22.4. The van der Waals surface area contributed by atoms with Crippen LogP contribution in [0.15, 0.2) is 59.5 Å². The second kappa shape index (κ2) is 7.61. The number of pyridine rings is 1. The van der Waals surface area contributed by atoms with Crippen LogP contribution >= 0.6 is 0 Å². The molecule has 1 fully saturated rings. The molecule has 10 heteroatoms. The number of benzene rings is 2. The predicted octanol–water partition coefficient (Wildman–Crippen LogP) is 3.42. The quantitative estimate of drug-likeness (QED) is 0.665. The average Bonchev–Trinajstić information content (AvgIpc) is 2.72. The fourth-order valence-corrected chi connectivity index (χ4v) is 5.37. The van der Waals surface area contributed by atoms with E-state index in [4.69, 9.17) is 0 Å². The first-order valence-electron chi connectivity index (χ1n) is 9.42. The molecule has 4 rings (SSSR count). The van der Waals surface area contributed by atoms with E-state index in [1.165, 1.54) is 6.07 Å². The predicted molar refractivity (Wildman–Crippen MR) is 108 cm³/mol. The van der Waals surface area contributed by atoms with Crippen LogP contribution in [0.4, 0.5) is 13.2 Å². The second-order valence-corrected chi connectivity index (χ2v) is 9.07. The highest BCUT2D eigenvalue weighted by atomic mass is 32.2. The van der Waals surface area contributed by atoms with Gasteiger partial charge in [-0.15, -0.1) is 0 Å². The summed E-state index contributed by atoms with van der Waals surface area (Å²) in [5.41, 5.74) is 0.180. The maximum absolute atomic E-state index is 13.6. The highest BCUT2D eigenvalue weighted by Crippen LogP contribution is 2.34. The Hall–Kier alpha value is -2.98. The molecule has 0 radical (unpaired) electrons. The molecule has 1 N–H and O–H groups in total. The standard InChI is InChI=1S/C21H18F3N3O3S/c1-13-5-6-14-3-2-4-17(18(14)26-13)31(29,30)27-12-11-25-20(28)19(27)15-7-9-16(10-8-15)21(22,23)24/h2-10,19H,11-12H2,1H3,(H,25,28). The number of para-hydroxylation sites is 1. The van der Waals surface area contributed by atoms with E-state index < -0.39 is 33.7 Å². The molecule has 3 aromatic rings. The number of nitrogens with zero attached hydrogens (tertiary/aromatic N) is 2. The number of carbonyl (C=O) groups excluding carboxylic acids is 1. The molecule has 6 nitrogen and oxygen atoms in total. The van der Waals surface area contributed by atoms with E-state index in [2.05, 4.69) is 10.3 Å². The van der Waals surface area contributed by atoms with Gasteiger partial charge in [0.25, 0.3) is 0 Å². The molecular formula is C21H18F3N3O3S. The van der Waals surface area contributed by atoms with Crippen molar-refractivity contribution in [1.82, 2.24) is 14.6 Å². The topological polar surface area (TPSA) is 79.4 Å². The number of hydrogen-bond acceptors (Lipinski definition) is 4. The molecule has 0 spiro atoms. The van der Waals surface area contributed by atoms with Crippen molar-refractivity contribution in [3.8, 4) is 0 Å². The van der Waals surface area contributed by atoms with Gasteiger partial charge in [-0.05, 0) is 36.8 Å². The van der Waals surface area contributed by atoms with Crippen molar-refractivity contribution in [2.75, 3.05) is 13.1 Å². The lowest BCUT2D eigenvalue weighted by Crippen LogP contribution is -2.52. The third kappa shape index (κ3) is 3.88. The molecule has 2 aromatic carbocycles. The molecule has 1 aromatic heterocycles. The average molecular weight is 449 g/mol. The number of halogens is 3. The third-order valence-electron chi connectivity index (χ3n) is 5.13. The number of aromatic nitrogens is 1. The number of rotatable bonds is 3. The molecule has 2 heterocycles. The summed E-state index contributed by atoms with van der Waals surface area (Å²) in [5.74, 6) is -0.598. The molecule has 0 bridgehead atoms. The Kier molecular flexibility index (Phi) is 5.22. The van der Waals surface area contributed by atoms with Gasteiger partial charge >= 0.3 is 6.18 Å². The van der Waals surface area contributed by atoms with Crippen LogP contribution in [-0.2, 0) is 21.0 Å². The summed E-state index contributed by atoms with van der Waals surface area (Å²) < 4.78 is 67.0. The van der Waals surface area contributed by atoms with Gasteiger partial charge in [0, 0.05) is 24.2 Å². The molecule has 0 aliphatic carbocycles. The van der Waals surface area contributed by atoms with E-state index in [1.54, 1.807) is 31.2 Å². The summed E-state index contributed by atoms with van der Waals surface area (Å²) in [4.78, 5) is 16.9. The van der Waals surface area contributed by atoms with Crippen LogP contribution in [0.1, 0.15) is 22.9 Å². The molecule has 1 aliphatic rings. The number of carbonyl (C=O) groups is 1.